The largest absolute Gasteiger partial charge is 0.497 e. The SMILES string of the molecule is COc1cccc(CCNC(=O)[C@@H]2c3c(ncn3C)CCN2C(C)C)c1. The third-order valence-electron chi connectivity index (χ3n) is 5.02. The van der Waals surface area contributed by atoms with Crippen LogP contribution in [0.15, 0.2) is 30.6 Å². The molecule has 1 amide bonds. The molecule has 0 radical (unpaired) electrons. The zero-order chi connectivity index (χ0) is 18.7. The molecule has 3 rings (SSSR count). The minimum absolute atomic E-state index is 0.0474. The van der Waals surface area contributed by atoms with Crippen LogP contribution in [0, 0.1) is 0 Å². The Morgan fingerprint density at radius 3 is 2.96 bits per heavy atom. The summed E-state index contributed by atoms with van der Waals surface area (Å²) in [5, 5.41) is 3.12. The van der Waals surface area contributed by atoms with Crippen molar-refractivity contribution in [2.45, 2.75) is 38.8 Å². The van der Waals surface area contributed by atoms with E-state index in [-0.39, 0.29) is 11.9 Å². The van der Waals surface area contributed by atoms with Crippen molar-refractivity contribution >= 4 is 5.91 Å². The van der Waals surface area contributed by atoms with Crippen LogP contribution in [0.4, 0.5) is 0 Å². The zero-order valence-electron chi connectivity index (χ0n) is 16.0. The molecule has 1 aromatic heterocycles. The fraction of sp³-hybridized carbons (Fsp3) is 0.500. The van der Waals surface area contributed by atoms with Crippen molar-refractivity contribution in [1.82, 2.24) is 19.8 Å². The number of carbonyl (C=O) groups is 1. The number of nitrogens with zero attached hydrogens (tertiary/aromatic N) is 3. The lowest BCUT2D eigenvalue weighted by molar-refractivity contribution is -0.128. The predicted octanol–water partition coefficient (Wildman–Crippen LogP) is 2.10. The number of aryl methyl sites for hydroxylation is 1. The number of nitrogens with one attached hydrogen (secondary N) is 1. The summed E-state index contributed by atoms with van der Waals surface area (Å²) in [5.41, 5.74) is 3.21. The van der Waals surface area contributed by atoms with E-state index >= 15 is 0 Å². The topological polar surface area (TPSA) is 59.4 Å². The molecule has 6 heteroatoms. The number of hydrogen-bond donors (Lipinski definition) is 1. The summed E-state index contributed by atoms with van der Waals surface area (Å²) in [5.74, 6) is 0.887. The third-order valence-corrected chi connectivity index (χ3v) is 5.02. The number of rotatable bonds is 6. The predicted molar refractivity (Wildman–Crippen MR) is 101 cm³/mol. The van der Waals surface area contributed by atoms with E-state index in [2.05, 4.69) is 35.1 Å². The van der Waals surface area contributed by atoms with Crippen LogP contribution in [0.5, 0.6) is 5.75 Å². The van der Waals surface area contributed by atoms with Gasteiger partial charge >= 0.3 is 0 Å². The highest BCUT2D eigenvalue weighted by Crippen LogP contribution is 2.30. The fourth-order valence-corrected chi connectivity index (χ4v) is 3.64. The number of fused-ring (bicyclic) bond motifs is 1. The molecule has 0 unspecified atom stereocenters. The number of benzene rings is 1. The molecule has 140 valence electrons. The highest BCUT2D eigenvalue weighted by molar-refractivity contribution is 5.83. The van der Waals surface area contributed by atoms with Gasteiger partial charge < -0.3 is 14.6 Å². The molecule has 2 aromatic rings. The summed E-state index contributed by atoms with van der Waals surface area (Å²) in [6.07, 6.45) is 3.47. The molecule has 1 aromatic carbocycles. The van der Waals surface area contributed by atoms with Gasteiger partial charge in [0, 0.05) is 32.6 Å². The Labute approximate surface area is 155 Å². The van der Waals surface area contributed by atoms with Crippen molar-refractivity contribution in [3.05, 3.63) is 47.5 Å². The Hall–Kier alpha value is -2.34. The van der Waals surface area contributed by atoms with Crippen LogP contribution in [-0.4, -0.2) is 46.6 Å². The first-order valence-electron chi connectivity index (χ1n) is 9.17. The van der Waals surface area contributed by atoms with Gasteiger partial charge in [-0.05, 0) is 38.0 Å². The summed E-state index contributed by atoms with van der Waals surface area (Å²) < 4.78 is 7.24. The third kappa shape index (κ3) is 3.75. The van der Waals surface area contributed by atoms with Crippen LogP contribution in [0.3, 0.4) is 0 Å². The molecule has 26 heavy (non-hydrogen) atoms. The van der Waals surface area contributed by atoms with Gasteiger partial charge in [-0.25, -0.2) is 4.98 Å². The maximum absolute atomic E-state index is 13.0. The molecule has 2 heterocycles. The fourth-order valence-electron chi connectivity index (χ4n) is 3.64. The summed E-state index contributed by atoms with van der Waals surface area (Å²) in [4.78, 5) is 19.7. The van der Waals surface area contributed by atoms with Crippen molar-refractivity contribution in [3.63, 3.8) is 0 Å². The van der Waals surface area contributed by atoms with Crippen LogP contribution < -0.4 is 10.1 Å². The van der Waals surface area contributed by atoms with Crippen LogP contribution in [-0.2, 0) is 24.7 Å². The van der Waals surface area contributed by atoms with Crippen molar-refractivity contribution in [2.24, 2.45) is 7.05 Å². The minimum Gasteiger partial charge on any atom is -0.497 e. The van der Waals surface area contributed by atoms with Crippen LogP contribution in [0.2, 0.25) is 0 Å². The lowest BCUT2D eigenvalue weighted by atomic mass is 9.99. The van der Waals surface area contributed by atoms with Gasteiger partial charge in [0.1, 0.15) is 11.8 Å². The maximum Gasteiger partial charge on any atom is 0.243 e. The van der Waals surface area contributed by atoms with Gasteiger partial charge in [-0.3, -0.25) is 9.69 Å². The Bertz CT molecular complexity index is 769. The quantitative estimate of drug-likeness (QED) is 0.861. The van der Waals surface area contributed by atoms with Crippen molar-refractivity contribution in [1.29, 1.82) is 0 Å². The minimum atomic E-state index is -0.281. The van der Waals surface area contributed by atoms with E-state index in [0.717, 1.165) is 42.1 Å². The average molecular weight is 356 g/mol. The molecular formula is C20H28N4O2. The van der Waals surface area contributed by atoms with Gasteiger partial charge in [0.15, 0.2) is 0 Å². The van der Waals surface area contributed by atoms with Gasteiger partial charge in [-0.2, -0.15) is 0 Å². The Balaban J connectivity index is 1.69. The van der Waals surface area contributed by atoms with E-state index in [4.69, 9.17) is 4.74 Å². The number of amides is 1. The van der Waals surface area contributed by atoms with E-state index in [1.54, 1.807) is 7.11 Å². The summed E-state index contributed by atoms with van der Waals surface area (Å²) in [6.45, 7) is 5.73. The lowest BCUT2D eigenvalue weighted by Gasteiger charge is -2.37. The van der Waals surface area contributed by atoms with E-state index in [1.807, 2.05) is 36.1 Å². The monoisotopic (exact) mass is 356 g/mol. The number of aromatic nitrogens is 2. The second kappa shape index (κ2) is 7.91. The molecule has 0 fully saturated rings. The standard InChI is InChI=1S/C20H28N4O2/c1-14(2)24-11-9-17-18(23(3)13-22-17)19(24)20(25)21-10-8-15-6-5-7-16(12-15)26-4/h5-7,12-14,19H,8-11H2,1-4H3,(H,21,25)/t19-/m0/s1. The number of carbonyl (C=O) groups excluding carboxylic acids is 1. The van der Waals surface area contributed by atoms with Crippen LogP contribution in [0.25, 0.3) is 0 Å². The zero-order valence-corrected chi connectivity index (χ0v) is 16.0. The van der Waals surface area contributed by atoms with E-state index in [0.29, 0.717) is 12.6 Å². The Kier molecular flexibility index (Phi) is 5.61. The van der Waals surface area contributed by atoms with Gasteiger partial charge in [0.2, 0.25) is 5.91 Å². The smallest absolute Gasteiger partial charge is 0.243 e. The molecule has 1 atom stereocenters. The molecule has 1 N–H and O–H groups in total. The van der Waals surface area contributed by atoms with E-state index in [1.165, 1.54) is 0 Å². The summed E-state index contributed by atoms with van der Waals surface area (Å²) in [6, 6.07) is 7.97. The summed E-state index contributed by atoms with van der Waals surface area (Å²) in [7, 11) is 3.63. The molecule has 0 saturated carbocycles. The molecule has 1 aliphatic rings. The molecule has 6 nitrogen and oxygen atoms in total. The molecular weight excluding hydrogens is 328 g/mol. The number of imidazole rings is 1. The Morgan fingerprint density at radius 1 is 1.42 bits per heavy atom. The average Bonchev–Trinajstić information content (AvgIpc) is 3.02. The van der Waals surface area contributed by atoms with Gasteiger partial charge in [-0.1, -0.05) is 12.1 Å². The first-order chi connectivity index (χ1) is 12.5. The Morgan fingerprint density at radius 2 is 2.23 bits per heavy atom. The second-order valence-electron chi connectivity index (χ2n) is 7.06. The van der Waals surface area contributed by atoms with Gasteiger partial charge in [0.05, 0.1) is 24.8 Å². The lowest BCUT2D eigenvalue weighted by Crippen LogP contribution is -2.48. The summed E-state index contributed by atoms with van der Waals surface area (Å²) >= 11 is 0. The van der Waals surface area contributed by atoms with Crippen molar-refractivity contribution in [2.75, 3.05) is 20.2 Å². The van der Waals surface area contributed by atoms with Crippen molar-refractivity contribution in [3.8, 4) is 5.75 Å². The molecule has 0 bridgehead atoms. The van der Waals surface area contributed by atoms with E-state index in [9.17, 15) is 4.79 Å². The maximum atomic E-state index is 13.0. The normalized spacial score (nSPS) is 17.2. The molecule has 0 aliphatic carbocycles. The molecule has 0 saturated heterocycles. The number of ether oxygens (including phenoxy) is 1. The first-order valence-corrected chi connectivity index (χ1v) is 9.17. The molecule has 0 spiro atoms. The van der Waals surface area contributed by atoms with Gasteiger partial charge in [-0.15, -0.1) is 0 Å². The second-order valence-corrected chi connectivity index (χ2v) is 7.06. The number of hydrogen-bond acceptors (Lipinski definition) is 4. The van der Waals surface area contributed by atoms with Crippen LogP contribution >= 0.6 is 0 Å². The van der Waals surface area contributed by atoms with E-state index < -0.39 is 0 Å². The van der Waals surface area contributed by atoms with Crippen molar-refractivity contribution < 1.29 is 9.53 Å². The molecule has 1 aliphatic heterocycles. The first kappa shape index (κ1) is 18.5. The number of methoxy groups -OCH3 is 1. The highest BCUT2D eigenvalue weighted by atomic mass is 16.5. The highest BCUT2D eigenvalue weighted by Gasteiger charge is 2.36. The van der Waals surface area contributed by atoms with Crippen LogP contribution in [0.1, 0.15) is 36.8 Å². The van der Waals surface area contributed by atoms with Gasteiger partial charge in [0.25, 0.3) is 0 Å².